The number of hydrogen-bond donors (Lipinski definition) is 1. The predicted octanol–water partition coefficient (Wildman–Crippen LogP) is 2.38. The van der Waals surface area contributed by atoms with Gasteiger partial charge in [-0.2, -0.15) is 5.10 Å². The molecule has 1 unspecified atom stereocenters. The van der Waals surface area contributed by atoms with Crippen LogP contribution in [0.25, 0.3) is 5.69 Å². The highest BCUT2D eigenvalue weighted by Gasteiger charge is 2.27. The van der Waals surface area contributed by atoms with Crippen LogP contribution in [0, 0.1) is 5.92 Å². The Bertz CT molecular complexity index is 756. The molecular formula is C20H30IN7. The SMILES string of the molecule is CN=C(NCc1cccc(-n2cncn2)c1)N1CCC(CN2CCCC2)C1.I. The zero-order valence-corrected chi connectivity index (χ0v) is 18.8. The summed E-state index contributed by atoms with van der Waals surface area (Å²) in [6.07, 6.45) is 7.27. The van der Waals surface area contributed by atoms with Gasteiger partial charge in [0.1, 0.15) is 12.7 Å². The van der Waals surface area contributed by atoms with E-state index < -0.39 is 0 Å². The minimum absolute atomic E-state index is 0. The van der Waals surface area contributed by atoms with Gasteiger partial charge in [0.15, 0.2) is 5.96 Å². The summed E-state index contributed by atoms with van der Waals surface area (Å²) in [6, 6.07) is 8.35. The Balaban J connectivity index is 0.00000225. The molecule has 1 aromatic carbocycles. The van der Waals surface area contributed by atoms with E-state index in [4.69, 9.17) is 0 Å². The summed E-state index contributed by atoms with van der Waals surface area (Å²) in [5, 5.41) is 7.73. The average molecular weight is 495 g/mol. The Kier molecular flexibility index (Phi) is 7.66. The van der Waals surface area contributed by atoms with Crippen molar-refractivity contribution < 1.29 is 0 Å². The molecule has 152 valence electrons. The molecular weight excluding hydrogens is 465 g/mol. The van der Waals surface area contributed by atoms with Gasteiger partial charge in [0.05, 0.1) is 5.69 Å². The molecule has 2 aliphatic rings. The van der Waals surface area contributed by atoms with Gasteiger partial charge in [-0.05, 0) is 56.0 Å². The standard InChI is InChI=1S/C20H29N7.HI/c1-21-20(26-10-7-18(14-26)13-25-8-2-3-9-25)23-12-17-5-4-6-19(11-17)27-16-22-15-24-27;/h4-6,11,15-16,18H,2-3,7-10,12-14H2,1H3,(H,21,23);1H. The van der Waals surface area contributed by atoms with Crippen molar-refractivity contribution in [2.24, 2.45) is 10.9 Å². The lowest BCUT2D eigenvalue weighted by Crippen LogP contribution is -2.40. The van der Waals surface area contributed by atoms with Crippen molar-refractivity contribution in [2.75, 3.05) is 39.8 Å². The maximum atomic E-state index is 4.51. The maximum absolute atomic E-state index is 4.51. The summed E-state index contributed by atoms with van der Waals surface area (Å²) >= 11 is 0. The van der Waals surface area contributed by atoms with Gasteiger partial charge in [0, 0.05) is 33.2 Å². The van der Waals surface area contributed by atoms with E-state index in [0.717, 1.165) is 37.2 Å². The van der Waals surface area contributed by atoms with Crippen LogP contribution < -0.4 is 5.32 Å². The fraction of sp³-hybridized carbons (Fsp3) is 0.550. The van der Waals surface area contributed by atoms with E-state index >= 15 is 0 Å². The zero-order chi connectivity index (χ0) is 18.5. The van der Waals surface area contributed by atoms with Gasteiger partial charge in [-0.3, -0.25) is 4.99 Å². The Labute approximate surface area is 184 Å². The number of hydrogen-bond acceptors (Lipinski definition) is 4. The molecule has 4 rings (SSSR count). The molecule has 1 atom stereocenters. The molecule has 0 spiro atoms. The van der Waals surface area contributed by atoms with Gasteiger partial charge in [0.25, 0.3) is 0 Å². The number of halogens is 1. The minimum atomic E-state index is 0. The fourth-order valence-corrected chi connectivity index (χ4v) is 4.17. The van der Waals surface area contributed by atoms with Gasteiger partial charge in [0.2, 0.25) is 0 Å². The van der Waals surface area contributed by atoms with Crippen molar-refractivity contribution >= 4 is 29.9 Å². The van der Waals surface area contributed by atoms with Crippen LogP contribution in [0.2, 0.25) is 0 Å². The first-order valence-corrected chi connectivity index (χ1v) is 9.94. The normalized spacial score (nSPS) is 20.4. The van der Waals surface area contributed by atoms with E-state index in [0.29, 0.717) is 0 Å². The molecule has 2 saturated heterocycles. The monoisotopic (exact) mass is 495 g/mol. The first kappa shape index (κ1) is 21.0. The van der Waals surface area contributed by atoms with Crippen LogP contribution in [0.5, 0.6) is 0 Å². The average Bonchev–Trinajstić information content (AvgIpc) is 3.46. The first-order valence-electron chi connectivity index (χ1n) is 9.94. The van der Waals surface area contributed by atoms with E-state index in [-0.39, 0.29) is 24.0 Å². The lowest BCUT2D eigenvalue weighted by molar-refractivity contribution is 0.281. The Morgan fingerprint density at radius 2 is 2.11 bits per heavy atom. The van der Waals surface area contributed by atoms with Crippen LogP contribution in [0.15, 0.2) is 41.9 Å². The molecule has 7 nitrogen and oxygen atoms in total. The minimum Gasteiger partial charge on any atom is -0.352 e. The molecule has 0 radical (unpaired) electrons. The van der Waals surface area contributed by atoms with Crippen LogP contribution in [-0.2, 0) is 6.54 Å². The Morgan fingerprint density at radius 1 is 1.25 bits per heavy atom. The summed E-state index contributed by atoms with van der Waals surface area (Å²) < 4.78 is 1.78. The Hall–Kier alpha value is -1.68. The molecule has 1 aromatic heterocycles. The number of aromatic nitrogens is 3. The third kappa shape index (κ3) is 5.22. The Morgan fingerprint density at radius 3 is 2.86 bits per heavy atom. The van der Waals surface area contributed by atoms with Crippen molar-refractivity contribution in [2.45, 2.75) is 25.8 Å². The van der Waals surface area contributed by atoms with Crippen LogP contribution >= 0.6 is 24.0 Å². The second-order valence-corrected chi connectivity index (χ2v) is 7.52. The lowest BCUT2D eigenvalue weighted by Gasteiger charge is -2.23. The predicted molar refractivity (Wildman–Crippen MR) is 122 cm³/mol. The van der Waals surface area contributed by atoms with Gasteiger partial charge in [-0.25, -0.2) is 9.67 Å². The van der Waals surface area contributed by atoms with Crippen molar-refractivity contribution in [3.05, 3.63) is 42.5 Å². The van der Waals surface area contributed by atoms with Crippen LogP contribution in [0.3, 0.4) is 0 Å². The van der Waals surface area contributed by atoms with Crippen LogP contribution in [0.1, 0.15) is 24.8 Å². The van der Waals surface area contributed by atoms with Crippen LogP contribution in [-0.4, -0.2) is 70.3 Å². The van der Waals surface area contributed by atoms with Gasteiger partial charge in [-0.1, -0.05) is 12.1 Å². The van der Waals surface area contributed by atoms with E-state index in [1.165, 1.54) is 44.5 Å². The second kappa shape index (κ2) is 10.2. The molecule has 2 aromatic rings. The smallest absolute Gasteiger partial charge is 0.193 e. The summed E-state index contributed by atoms with van der Waals surface area (Å²) in [4.78, 5) is 13.6. The number of guanidine groups is 1. The number of benzene rings is 1. The summed E-state index contributed by atoms with van der Waals surface area (Å²) in [6.45, 7) is 6.76. The zero-order valence-electron chi connectivity index (χ0n) is 16.5. The number of nitrogens with one attached hydrogen (secondary N) is 1. The molecule has 2 fully saturated rings. The summed E-state index contributed by atoms with van der Waals surface area (Å²) in [5.74, 6) is 1.77. The fourth-order valence-electron chi connectivity index (χ4n) is 4.17. The molecule has 0 aliphatic carbocycles. The maximum Gasteiger partial charge on any atom is 0.193 e. The van der Waals surface area contributed by atoms with Crippen molar-refractivity contribution in [1.29, 1.82) is 0 Å². The molecule has 28 heavy (non-hydrogen) atoms. The third-order valence-corrected chi connectivity index (χ3v) is 5.56. The molecule has 0 bridgehead atoms. The third-order valence-electron chi connectivity index (χ3n) is 5.56. The first-order chi connectivity index (χ1) is 13.3. The molecule has 2 aliphatic heterocycles. The lowest BCUT2D eigenvalue weighted by atomic mass is 10.1. The van der Waals surface area contributed by atoms with Gasteiger partial charge < -0.3 is 15.1 Å². The number of nitrogens with zero attached hydrogens (tertiary/aromatic N) is 6. The molecule has 0 saturated carbocycles. The van der Waals surface area contributed by atoms with E-state index in [9.17, 15) is 0 Å². The molecule has 8 heteroatoms. The summed E-state index contributed by atoms with van der Waals surface area (Å²) in [5.41, 5.74) is 2.23. The van der Waals surface area contributed by atoms with Crippen molar-refractivity contribution in [1.82, 2.24) is 29.9 Å². The number of rotatable bonds is 5. The molecule has 3 heterocycles. The van der Waals surface area contributed by atoms with Crippen molar-refractivity contribution in [3.8, 4) is 5.69 Å². The largest absolute Gasteiger partial charge is 0.352 e. The highest BCUT2D eigenvalue weighted by Crippen LogP contribution is 2.20. The number of likely N-dealkylation sites (tertiary alicyclic amines) is 2. The van der Waals surface area contributed by atoms with Gasteiger partial charge in [-0.15, -0.1) is 24.0 Å². The highest BCUT2D eigenvalue weighted by molar-refractivity contribution is 14.0. The van der Waals surface area contributed by atoms with E-state index in [2.05, 4.69) is 48.4 Å². The van der Waals surface area contributed by atoms with E-state index in [1.807, 2.05) is 13.1 Å². The molecule has 1 N–H and O–H groups in total. The van der Waals surface area contributed by atoms with Crippen molar-refractivity contribution in [3.63, 3.8) is 0 Å². The highest BCUT2D eigenvalue weighted by atomic mass is 127. The molecule has 0 amide bonds. The summed E-state index contributed by atoms with van der Waals surface area (Å²) in [7, 11) is 1.88. The van der Waals surface area contributed by atoms with E-state index in [1.54, 1.807) is 17.3 Å². The van der Waals surface area contributed by atoms with Gasteiger partial charge >= 0.3 is 0 Å². The topological polar surface area (TPSA) is 61.6 Å². The number of aliphatic imine (C=N–C) groups is 1. The van der Waals surface area contributed by atoms with Crippen LogP contribution in [0.4, 0.5) is 0 Å². The second-order valence-electron chi connectivity index (χ2n) is 7.52. The quantitative estimate of drug-likeness (QED) is 0.392.